The summed E-state index contributed by atoms with van der Waals surface area (Å²) in [5, 5.41) is 6.27. The maximum atomic E-state index is 13.9. The van der Waals surface area contributed by atoms with E-state index in [4.69, 9.17) is 14.5 Å². The second-order valence-corrected chi connectivity index (χ2v) is 15.3. The van der Waals surface area contributed by atoms with Crippen molar-refractivity contribution >= 4 is 54.0 Å². The van der Waals surface area contributed by atoms with Gasteiger partial charge in [0.1, 0.15) is 11.3 Å². The van der Waals surface area contributed by atoms with Crippen LogP contribution in [0.2, 0.25) is 0 Å². The number of hydrogen-bond acceptors (Lipinski definition) is 11. The average molecular weight is 649 g/mol. The summed E-state index contributed by atoms with van der Waals surface area (Å²) in [4.78, 5) is 34.1. The third-order valence-corrected chi connectivity index (χ3v) is 12.1. The number of thiazole rings is 1. The number of alkyl halides is 2. The van der Waals surface area contributed by atoms with E-state index in [1.807, 2.05) is 4.90 Å². The predicted molar refractivity (Wildman–Crippen MR) is 154 cm³/mol. The van der Waals surface area contributed by atoms with Crippen molar-refractivity contribution in [1.82, 2.24) is 10.3 Å². The van der Waals surface area contributed by atoms with Crippen molar-refractivity contribution in [2.75, 3.05) is 35.9 Å². The van der Waals surface area contributed by atoms with Crippen LogP contribution in [0.1, 0.15) is 46.4 Å². The molecule has 0 radical (unpaired) electrons. The Morgan fingerprint density at radius 2 is 1.75 bits per heavy atom. The number of methoxy groups -OCH3 is 2. The number of rotatable bonds is 7. The van der Waals surface area contributed by atoms with Crippen LogP contribution in [0.15, 0.2) is 24.3 Å². The third kappa shape index (κ3) is 4.14. The number of nitrogens with one attached hydrogen (secondary N) is 2. The summed E-state index contributed by atoms with van der Waals surface area (Å²) >= 11 is 1.23. The Balaban J connectivity index is 1.13. The van der Waals surface area contributed by atoms with Crippen LogP contribution in [0.25, 0.3) is 10.2 Å². The van der Waals surface area contributed by atoms with Crippen LogP contribution >= 0.6 is 11.3 Å². The fourth-order valence-corrected chi connectivity index (χ4v) is 10.4. The first kappa shape index (κ1) is 27.8. The van der Waals surface area contributed by atoms with Gasteiger partial charge in [0.15, 0.2) is 26.5 Å². The molecule has 5 fully saturated rings. The van der Waals surface area contributed by atoms with Gasteiger partial charge in [0.25, 0.3) is 11.8 Å². The van der Waals surface area contributed by atoms with Crippen LogP contribution in [-0.4, -0.2) is 80.5 Å². The Bertz CT molecular complexity index is 1860. The fourth-order valence-electron chi connectivity index (χ4n) is 7.25. The Labute approximate surface area is 253 Å². The van der Waals surface area contributed by atoms with Gasteiger partial charge in [-0.15, -0.1) is 8.78 Å². The molecule has 232 valence electrons. The highest BCUT2D eigenvalue weighted by Gasteiger charge is 2.69. The second kappa shape index (κ2) is 8.91. The summed E-state index contributed by atoms with van der Waals surface area (Å²) in [5.41, 5.74) is -0.220. The summed E-state index contributed by atoms with van der Waals surface area (Å²) in [6, 6.07) is 5.20. The van der Waals surface area contributed by atoms with Crippen LogP contribution in [0.4, 0.5) is 19.6 Å². The molecular formula is C28H26F2N4O8S2. The lowest BCUT2D eigenvalue weighted by molar-refractivity contribution is -0.286. The zero-order valence-electron chi connectivity index (χ0n) is 23.4. The summed E-state index contributed by atoms with van der Waals surface area (Å²) < 4.78 is 72.9. The van der Waals surface area contributed by atoms with Gasteiger partial charge in [0.2, 0.25) is 0 Å². The molecule has 3 aliphatic heterocycles. The molecule has 9 rings (SSSR count). The van der Waals surface area contributed by atoms with Crippen molar-refractivity contribution in [2.24, 2.45) is 0 Å². The maximum Gasteiger partial charge on any atom is 0.586 e. The van der Waals surface area contributed by atoms with Gasteiger partial charge in [-0.1, -0.05) is 11.3 Å². The molecule has 6 aliphatic rings. The van der Waals surface area contributed by atoms with E-state index in [1.165, 1.54) is 18.4 Å². The summed E-state index contributed by atoms with van der Waals surface area (Å²) in [6.45, 7) is 0. The van der Waals surface area contributed by atoms with Gasteiger partial charge in [-0.25, -0.2) is 13.4 Å². The molecule has 2 unspecified atom stereocenters. The molecule has 2 amide bonds. The average Bonchev–Trinajstić information content (AvgIpc) is 3.45. The van der Waals surface area contributed by atoms with Gasteiger partial charge in [-0.05, 0) is 43.9 Å². The molecular weight excluding hydrogens is 622 g/mol. The molecule has 16 heteroatoms. The van der Waals surface area contributed by atoms with Gasteiger partial charge in [0.05, 0.1) is 45.7 Å². The van der Waals surface area contributed by atoms with Crippen molar-refractivity contribution in [2.45, 2.75) is 55.2 Å². The highest BCUT2D eigenvalue weighted by Crippen LogP contribution is 2.62. The van der Waals surface area contributed by atoms with Crippen LogP contribution in [0.3, 0.4) is 0 Å². The molecule has 2 saturated heterocycles. The molecule has 4 bridgehead atoms. The highest BCUT2D eigenvalue weighted by molar-refractivity contribution is 7.91. The summed E-state index contributed by atoms with van der Waals surface area (Å²) in [7, 11) is -0.0808. The number of sulfone groups is 1. The zero-order valence-corrected chi connectivity index (χ0v) is 25.1. The highest BCUT2D eigenvalue weighted by atomic mass is 32.2. The minimum atomic E-state index is -3.93. The van der Waals surface area contributed by atoms with Crippen molar-refractivity contribution in [3.05, 3.63) is 35.4 Å². The number of halogens is 2. The second-order valence-electron chi connectivity index (χ2n) is 12.1. The van der Waals surface area contributed by atoms with E-state index in [2.05, 4.69) is 20.1 Å². The van der Waals surface area contributed by atoms with Gasteiger partial charge in [-0.3, -0.25) is 9.59 Å². The van der Waals surface area contributed by atoms with Crippen LogP contribution in [0, 0.1) is 0 Å². The molecule has 44 heavy (non-hydrogen) atoms. The van der Waals surface area contributed by atoms with Gasteiger partial charge < -0.3 is 34.5 Å². The largest absolute Gasteiger partial charge is 0.586 e. The van der Waals surface area contributed by atoms with Crippen molar-refractivity contribution in [3.63, 3.8) is 0 Å². The molecule has 3 aliphatic carbocycles. The molecule has 3 aromatic rings. The number of fused-ring (bicyclic) bond motifs is 4. The summed E-state index contributed by atoms with van der Waals surface area (Å²) in [5.74, 6) is -1.58. The molecule has 0 spiro atoms. The first-order valence-electron chi connectivity index (χ1n) is 13.9. The van der Waals surface area contributed by atoms with E-state index in [0.29, 0.717) is 34.6 Å². The number of carbonyl (C=O) groups is 2. The summed E-state index contributed by atoms with van der Waals surface area (Å²) in [6.07, 6.45) is -1.29. The Morgan fingerprint density at radius 3 is 2.41 bits per heavy atom. The van der Waals surface area contributed by atoms with Crippen molar-refractivity contribution in [3.8, 4) is 17.2 Å². The van der Waals surface area contributed by atoms with E-state index in [-0.39, 0.29) is 63.3 Å². The van der Waals surface area contributed by atoms with E-state index in [9.17, 15) is 26.8 Å². The first-order valence-corrected chi connectivity index (χ1v) is 16.5. The molecule has 12 nitrogen and oxygen atoms in total. The number of anilines is 2. The van der Waals surface area contributed by atoms with Gasteiger partial charge in [-0.2, -0.15) is 0 Å². The van der Waals surface area contributed by atoms with Crippen molar-refractivity contribution in [1.29, 1.82) is 0 Å². The number of carbonyl (C=O) groups excluding carboxylic acids is 2. The SMILES string of the molecule is COc1ccc2nc(N3C4CC3CS(=O)(=O)C4)sc2c1C(=O)Nc1cc2c(cc1C(=O)NC13CC(OC)(C1)C3)OC(F)(F)O2. The molecule has 1 aromatic heterocycles. The number of aromatic nitrogens is 1. The van der Waals surface area contributed by atoms with Crippen LogP contribution in [-0.2, 0) is 14.6 Å². The number of ether oxygens (including phenoxy) is 4. The van der Waals surface area contributed by atoms with E-state index < -0.39 is 33.5 Å². The Hall–Kier alpha value is -3.76. The Morgan fingerprint density at radius 1 is 1.07 bits per heavy atom. The lowest BCUT2D eigenvalue weighted by Gasteiger charge is -2.69. The zero-order chi connectivity index (χ0) is 30.8. The standard InChI is InChI=1S/C28H26F2N4O8S2/c1-39-18-4-3-16-22(43-25(32-16)34-13-5-14(34)9-44(37,38)8-13)21(18)24(36)31-17-7-20-19(41-28(29,30)42-20)6-15(17)23(35)33-26-10-27(11-26,12-26)40-2/h3-4,6-7,13-14H,5,8-12H2,1-2H3,(H,31,36)(H,33,35). The third-order valence-electron chi connectivity index (χ3n) is 9.23. The quantitative estimate of drug-likeness (QED) is 0.392. The number of nitrogens with zero attached hydrogens (tertiary/aromatic N) is 2. The lowest BCUT2D eigenvalue weighted by Crippen LogP contribution is -2.79. The smallest absolute Gasteiger partial charge is 0.496 e. The first-order chi connectivity index (χ1) is 20.8. The topological polar surface area (TPSA) is 145 Å². The number of benzene rings is 2. The predicted octanol–water partition coefficient (Wildman–Crippen LogP) is 3.31. The number of hydrogen-bond donors (Lipinski definition) is 2. The minimum absolute atomic E-state index is 0.0534. The number of amides is 2. The molecule has 2 atom stereocenters. The maximum absolute atomic E-state index is 13.9. The molecule has 2 aromatic carbocycles. The fraction of sp³-hybridized carbons (Fsp3) is 0.464. The van der Waals surface area contributed by atoms with Gasteiger partial charge >= 0.3 is 6.29 Å². The lowest BCUT2D eigenvalue weighted by atomic mass is 9.46. The van der Waals surface area contributed by atoms with Gasteiger partial charge in [0, 0.05) is 30.8 Å². The minimum Gasteiger partial charge on any atom is -0.496 e. The Kier molecular flexibility index (Phi) is 5.62. The van der Waals surface area contributed by atoms with Crippen molar-refractivity contribution < 1.29 is 45.7 Å². The van der Waals surface area contributed by atoms with Crippen LogP contribution in [0.5, 0.6) is 17.2 Å². The van der Waals surface area contributed by atoms with Crippen LogP contribution < -0.4 is 29.7 Å². The monoisotopic (exact) mass is 648 g/mol. The van der Waals surface area contributed by atoms with E-state index in [1.54, 1.807) is 19.2 Å². The normalized spacial score (nSPS) is 29.7. The van der Waals surface area contributed by atoms with E-state index >= 15 is 0 Å². The molecule has 4 heterocycles. The molecule has 2 N–H and O–H groups in total. The van der Waals surface area contributed by atoms with E-state index in [0.717, 1.165) is 18.6 Å². The molecule has 3 saturated carbocycles.